The number of alkyl halides is 4. The van der Waals surface area contributed by atoms with Gasteiger partial charge in [0.25, 0.3) is 0 Å². The number of carbonyl (C=O) groups excluding carboxylic acids is 1. The van der Waals surface area contributed by atoms with Gasteiger partial charge in [-0.2, -0.15) is 8.78 Å². The van der Waals surface area contributed by atoms with Gasteiger partial charge in [0.2, 0.25) is 0 Å². The summed E-state index contributed by atoms with van der Waals surface area (Å²) in [5.41, 5.74) is 0.942. The molecule has 0 saturated heterocycles. The van der Waals surface area contributed by atoms with Gasteiger partial charge < -0.3 is 4.74 Å². The molecule has 0 radical (unpaired) electrons. The van der Waals surface area contributed by atoms with Crippen LogP contribution in [0.4, 0.5) is 8.78 Å². The molecule has 2 nitrogen and oxygen atoms in total. The smallest absolute Gasteiger partial charge is 0.387 e. The third-order valence-corrected chi connectivity index (χ3v) is 3.52. The zero-order valence-corrected chi connectivity index (χ0v) is 11.3. The summed E-state index contributed by atoms with van der Waals surface area (Å²) in [7, 11) is 0. The molecule has 0 saturated carbocycles. The van der Waals surface area contributed by atoms with Gasteiger partial charge in [0.15, 0.2) is 0 Å². The van der Waals surface area contributed by atoms with Gasteiger partial charge in [-0.1, -0.05) is 28.1 Å². The second kappa shape index (κ2) is 6.31. The lowest BCUT2D eigenvalue weighted by Gasteiger charge is -2.16. The van der Waals surface area contributed by atoms with Crippen LogP contribution in [0.5, 0.6) is 5.75 Å². The van der Waals surface area contributed by atoms with Crippen LogP contribution in [0.15, 0.2) is 18.2 Å². The normalized spacial score (nSPS) is 12.6. The monoisotopic (exact) mass is 326 g/mol. The van der Waals surface area contributed by atoms with E-state index in [1.165, 1.54) is 13.0 Å². The first-order valence-electron chi connectivity index (χ1n) is 4.74. The van der Waals surface area contributed by atoms with Crippen molar-refractivity contribution < 1.29 is 18.3 Å². The molecule has 6 heteroatoms. The Morgan fingerprint density at radius 2 is 2.18 bits per heavy atom. The second-order valence-electron chi connectivity index (χ2n) is 3.31. The summed E-state index contributed by atoms with van der Waals surface area (Å²) >= 11 is 8.86. The first-order valence-corrected chi connectivity index (χ1v) is 6.19. The fourth-order valence-corrected chi connectivity index (χ4v) is 2.15. The van der Waals surface area contributed by atoms with Crippen LogP contribution in [-0.4, -0.2) is 12.4 Å². The molecule has 0 amide bonds. The molecule has 1 aromatic rings. The molecule has 0 aromatic heterocycles. The van der Waals surface area contributed by atoms with E-state index in [4.69, 9.17) is 11.6 Å². The molecule has 1 rings (SSSR count). The Hall–Kier alpha value is -0.680. The van der Waals surface area contributed by atoms with Gasteiger partial charge in [-0.05, 0) is 18.6 Å². The topological polar surface area (TPSA) is 26.3 Å². The van der Waals surface area contributed by atoms with E-state index >= 15 is 0 Å². The van der Waals surface area contributed by atoms with Gasteiger partial charge in [0.1, 0.15) is 16.4 Å². The van der Waals surface area contributed by atoms with Crippen molar-refractivity contribution in [3.8, 4) is 5.75 Å². The van der Waals surface area contributed by atoms with Crippen molar-refractivity contribution in [2.75, 3.05) is 0 Å². The molecule has 0 heterocycles. The maximum Gasteiger partial charge on any atom is 0.387 e. The summed E-state index contributed by atoms with van der Waals surface area (Å²) in [6.45, 7) is -1.58. The molecule has 0 N–H and O–H groups in total. The van der Waals surface area contributed by atoms with Crippen LogP contribution < -0.4 is 4.74 Å². The zero-order valence-electron chi connectivity index (χ0n) is 8.92. The van der Waals surface area contributed by atoms with E-state index in [9.17, 15) is 13.6 Å². The van der Waals surface area contributed by atoms with Gasteiger partial charge in [-0.15, -0.1) is 11.6 Å². The van der Waals surface area contributed by atoms with Crippen molar-refractivity contribution in [2.45, 2.75) is 24.2 Å². The van der Waals surface area contributed by atoms with Crippen LogP contribution in [-0.2, 0) is 10.7 Å². The second-order valence-corrected chi connectivity index (χ2v) is 4.50. The third kappa shape index (κ3) is 3.64. The fourth-order valence-electron chi connectivity index (χ4n) is 1.40. The number of hydrogen-bond acceptors (Lipinski definition) is 2. The van der Waals surface area contributed by atoms with Crippen LogP contribution in [0.25, 0.3) is 0 Å². The number of hydrogen-bond donors (Lipinski definition) is 0. The fraction of sp³-hybridized carbons (Fsp3) is 0.364. The molecular weight excluding hydrogens is 317 g/mol. The summed E-state index contributed by atoms with van der Waals surface area (Å²) in [5, 5.41) is 0. The highest BCUT2D eigenvalue weighted by atomic mass is 79.9. The molecule has 94 valence electrons. The summed E-state index contributed by atoms with van der Waals surface area (Å²) < 4.78 is 28.9. The Bertz CT molecular complexity index is 412. The van der Waals surface area contributed by atoms with Gasteiger partial charge in [0.05, 0.1) is 0 Å². The molecule has 1 aromatic carbocycles. The Labute approximate surface area is 111 Å². The first kappa shape index (κ1) is 14.4. The molecule has 0 aliphatic rings. The predicted octanol–water partition coefficient (Wildman–Crippen LogP) is 4.05. The number of ketones is 1. The highest BCUT2D eigenvalue weighted by Gasteiger charge is 2.22. The minimum atomic E-state index is -2.94. The maximum atomic E-state index is 12.2. The highest BCUT2D eigenvalue weighted by Crippen LogP contribution is 2.36. The third-order valence-electron chi connectivity index (χ3n) is 2.13. The Morgan fingerprint density at radius 1 is 1.53 bits per heavy atom. The van der Waals surface area contributed by atoms with E-state index in [1.807, 2.05) is 0 Å². The van der Waals surface area contributed by atoms with Crippen molar-refractivity contribution >= 4 is 33.3 Å². The summed E-state index contributed by atoms with van der Waals surface area (Å²) in [4.78, 5) is 10.6. The number of halogens is 4. The number of carbonyl (C=O) groups is 1. The van der Waals surface area contributed by atoms with E-state index < -0.39 is 11.4 Å². The van der Waals surface area contributed by atoms with Crippen molar-refractivity contribution in [1.29, 1.82) is 0 Å². The molecular formula is C11H10BrClF2O2. The van der Waals surface area contributed by atoms with Crippen LogP contribution in [0.1, 0.15) is 22.9 Å². The van der Waals surface area contributed by atoms with Gasteiger partial charge in [-0.3, -0.25) is 4.79 Å². The van der Waals surface area contributed by atoms with E-state index in [-0.39, 0.29) is 17.4 Å². The molecule has 1 unspecified atom stereocenters. The molecule has 0 aliphatic carbocycles. The molecule has 0 spiro atoms. The van der Waals surface area contributed by atoms with E-state index in [2.05, 4.69) is 20.7 Å². The van der Waals surface area contributed by atoms with Crippen molar-refractivity contribution in [3.63, 3.8) is 0 Å². The maximum absolute atomic E-state index is 12.2. The SMILES string of the molecule is CC(=O)C(Br)c1c(CCl)cccc1OC(F)F. The van der Waals surface area contributed by atoms with Crippen molar-refractivity contribution in [2.24, 2.45) is 0 Å². The zero-order chi connectivity index (χ0) is 13.0. The minimum absolute atomic E-state index is 0.0322. The lowest BCUT2D eigenvalue weighted by atomic mass is 10.0. The minimum Gasteiger partial charge on any atom is -0.434 e. The molecule has 0 bridgehead atoms. The average Bonchev–Trinajstić information content (AvgIpc) is 2.26. The van der Waals surface area contributed by atoms with E-state index in [0.717, 1.165) is 0 Å². The largest absolute Gasteiger partial charge is 0.434 e. The molecule has 0 aliphatic heterocycles. The number of rotatable bonds is 5. The Balaban J connectivity index is 3.24. The molecule has 17 heavy (non-hydrogen) atoms. The van der Waals surface area contributed by atoms with Crippen molar-refractivity contribution in [3.05, 3.63) is 29.3 Å². The first-order chi connectivity index (χ1) is 7.97. The summed E-state index contributed by atoms with van der Waals surface area (Å²) in [6, 6.07) is 4.60. The number of Topliss-reactive ketones (excluding diaryl/α,β-unsaturated/α-hetero) is 1. The molecule has 1 atom stereocenters. The lowest BCUT2D eigenvalue weighted by Crippen LogP contribution is -2.10. The van der Waals surface area contributed by atoms with Crippen LogP contribution in [0, 0.1) is 0 Å². The lowest BCUT2D eigenvalue weighted by molar-refractivity contribution is -0.116. The predicted molar refractivity (Wildman–Crippen MR) is 65.0 cm³/mol. The number of benzene rings is 1. The Kier molecular flexibility index (Phi) is 5.33. The van der Waals surface area contributed by atoms with Gasteiger partial charge >= 0.3 is 6.61 Å². The quantitative estimate of drug-likeness (QED) is 0.763. The van der Waals surface area contributed by atoms with Crippen LogP contribution in [0.2, 0.25) is 0 Å². The van der Waals surface area contributed by atoms with Crippen LogP contribution in [0.3, 0.4) is 0 Å². The van der Waals surface area contributed by atoms with Gasteiger partial charge in [-0.25, -0.2) is 0 Å². The molecule has 0 fully saturated rings. The standard InChI is InChI=1S/C11H10BrClF2O2/c1-6(16)10(12)9-7(5-13)3-2-4-8(9)17-11(14)15/h2-4,10-11H,5H2,1H3. The van der Waals surface area contributed by atoms with Gasteiger partial charge in [0, 0.05) is 11.4 Å². The summed E-state index contributed by atoms with van der Waals surface area (Å²) in [6.07, 6.45) is 0. The van der Waals surface area contributed by atoms with E-state index in [0.29, 0.717) is 11.1 Å². The summed E-state index contributed by atoms with van der Waals surface area (Å²) in [5.74, 6) is -0.123. The van der Waals surface area contributed by atoms with Crippen molar-refractivity contribution in [1.82, 2.24) is 0 Å². The van der Waals surface area contributed by atoms with Crippen LogP contribution >= 0.6 is 27.5 Å². The Morgan fingerprint density at radius 3 is 2.65 bits per heavy atom. The highest BCUT2D eigenvalue weighted by molar-refractivity contribution is 9.09. The van der Waals surface area contributed by atoms with E-state index in [1.54, 1.807) is 12.1 Å². The average molecular weight is 328 g/mol. The number of ether oxygens (including phenoxy) is 1.